The van der Waals surface area contributed by atoms with Crippen LogP contribution in [0.4, 0.5) is 5.69 Å². The second-order valence-corrected chi connectivity index (χ2v) is 8.53. The number of carbonyl (C=O) groups excluding carboxylic acids is 1. The summed E-state index contributed by atoms with van der Waals surface area (Å²) in [7, 11) is 3.53. The Balaban J connectivity index is 1.66. The normalized spacial score (nSPS) is 10.8. The number of benzene rings is 2. The number of anilines is 1. The van der Waals surface area contributed by atoms with E-state index in [-0.39, 0.29) is 11.7 Å². The lowest BCUT2D eigenvalue weighted by Crippen LogP contribution is -2.16. The Labute approximate surface area is 182 Å². The van der Waals surface area contributed by atoms with E-state index in [4.69, 9.17) is 4.74 Å². The number of hydrogen-bond acceptors (Lipinski definition) is 5. The highest BCUT2D eigenvalue weighted by Gasteiger charge is 2.14. The Morgan fingerprint density at radius 2 is 1.82 bits per heavy atom. The van der Waals surface area contributed by atoms with Crippen LogP contribution in [-0.4, -0.2) is 33.5 Å². The van der Waals surface area contributed by atoms with Crippen LogP contribution in [0.2, 0.25) is 0 Å². The Morgan fingerprint density at radius 3 is 2.43 bits per heavy atom. The zero-order valence-electron chi connectivity index (χ0n) is 16.1. The van der Waals surface area contributed by atoms with Crippen molar-refractivity contribution in [2.45, 2.75) is 19.0 Å². The van der Waals surface area contributed by atoms with Gasteiger partial charge in [0.1, 0.15) is 5.75 Å². The van der Waals surface area contributed by atoms with E-state index in [1.54, 1.807) is 7.11 Å². The van der Waals surface area contributed by atoms with Crippen molar-refractivity contribution >= 4 is 45.9 Å². The van der Waals surface area contributed by atoms with Gasteiger partial charge in [0.05, 0.1) is 12.9 Å². The predicted octanol–water partition coefficient (Wildman–Crippen LogP) is 4.44. The molecule has 0 spiro atoms. The van der Waals surface area contributed by atoms with Gasteiger partial charge in [0.15, 0.2) is 11.0 Å². The number of methoxy groups -OCH3 is 1. The SMILES string of the molecule is COc1ccc(-c2nnc(SCC(=O)Nc3c(C)cc(I)cc3C)n2C)cc1. The molecule has 0 unspecified atom stereocenters. The molecule has 3 aromatic rings. The largest absolute Gasteiger partial charge is 0.497 e. The molecule has 0 aliphatic carbocycles. The molecule has 0 fully saturated rings. The van der Waals surface area contributed by atoms with Gasteiger partial charge in [-0.05, 0) is 84.0 Å². The van der Waals surface area contributed by atoms with Crippen LogP contribution in [0.3, 0.4) is 0 Å². The number of aromatic nitrogens is 3. The van der Waals surface area contributed by atoms with Crippen molar-refractivity contribution in [3.63, 3.8) is 0 Å². The third-order valence-corrected chi connectivity index (χ3v) is 5.92. The molecule has 0 radical (unpaired) electrons. The summed E-state index contributed by atoms with van der Waals surface area (Å²) >= 11 is 3.64. The van der Waals surface area contributed by atoms with Crippen molar-refractivity contribution in [2.75, 3.05) is 18.2 Å². The zero-order chi connectivity index (χ0) is 20.3. The lowest BCUT2D eigenvalue weighted by atomic mass is 10.1. The van der Waals surface area contributed by atoms with Crippen molar-refractivity contribution in [2.24, 2.45) is 7.05 Å². The van der Waals surface area contributed by atoms with Crippen LogP contribution in [0.5, 0.6) is 5.75 Å². The van der Waals surface area contributed by atoms with E-state index in [0.29, 0.717) is 5.16 Å². The molecular weight excluding hydrogens is 487 g/mol. The van der Waals surface area contributed by atoms with Crippen LogP contribution in [0.25, 0.3) is 11.4 Å². The van der Waals surface area contributed by atoms with Crippen LogP contribution < -0.4 is 10.1 Å². The van der Waals surface area contributed by atoms with Gasteiger partial charge in [-0.3, -0.25) is 4.79 Å². The number of ether oxygens (including phenoxy) is 1. The maximum Gasteiger partial charge on any atom is 0.234 e. The summed E-state index contributed by atoms with van der Waals surface area (Å²) < 4.78 is 8.23. The smallest absolute Gasteiger partial charge is 0.234 e. The van der Waals surface area contributed by atoms with Crippen molar-refractivity contribution in [3.8, 4) is 17.1 Å². The highest BCUT2D eigenvalue weighted by Crippen LogP contribution is 2.26. The van der Waals surface area contributed by atoms with Gasteiger partial charge in [-0.1, -0.05) is 11.8 Å². The fraction of sp³-hybridized carbons (Fsp3) is 0.250. The van der Waals surface area contributed by atoms with Gasteiger partial charge in [-0.25, -0.2) is 0 Å². The summed E-state index contributed by atoms with van der Waals surface area (Å²) in [5, 5.41) is 12.2. The molecule has 0 aliphatic rings. The molecule has 0 bridgehead atoms. The number of rotatable bonds is 6. The summed E-state index contributed by atoms with van der Waals surface area (Å²) in [4.78, 5) is 12.4. The molecule has 2 aromatic carbocycles. The Morgan fingerprint density at radius 1 is 1.18 bits per heavy atom. The minimum Gasteiger partial charge on any atom is -0.497 e. The third kappa shape index (κ3) is 4.67. The molecule has 0 saturated heterocycles. The van der Waals surface area contributed by atoms with Gasteiger partial charge < -0.3 is 14.6 Å². The molecule has 1 amide bonds. The van der Waals surface area contributed by atoms with Gasteiger partial charge in [0, 0.05) is 21.9 Å². The van der Waals surface area contributed by atoms with E-state index in [9.17, 15) is 4.79 Å². The Kier molecular flexibility index (Phi) is 6.61. The van der Waals surface area contributed by atoms with Gasteiger partial charge >= 0.3 is 0 Å². The summed E-state index contributed by atoms with van der Waals surface area (Å²) in [5.74, 6) is 1.74. The summed E-state index contributed by atoms with van der Waals surface area (Å²) in [5.41, 5.74) is 3.94. The highest BCUT2D eigenvalue weighted by molar-refractivity contribution is 14.1. The molecule has 0 aliphatic heterocycles. The van der Waals surface area contributed by atoms with Crippen LogP contribution >= 0.6 is 34.4 Å². The quantitative estimate of drug-likeness (QED) is 0.394. The van der Waals surface area contributed by atoms with E-state index < -0.39 is 0 Å². The first kappa shape index (κ1) is 20.7. The average Bonchev–Trinajstić information content (AvgIpc) is 3.03. The number of aryl methyl sites for hydroxylation is 2. The number of carbonyl (C=O) groups is 1. The first-order valence-electron chi connectivity index (χ1n) is 8.62. The van der Waals surface area contributed by atoms with E-state index in [1.807, 2.05) is 49.7 Å². The van der Waals surface area contributed by atoms with Crippen molar-refractivity contribution < 1.29 is 9.53 Å². The fourth-order valence-electron chi connectivity index (χ4n) is 2.85. The van der Waals surface area contributed by atoms with Gasteiger partial charge in [-0.2, -0.15) is 0 Å². The number of nitrogens with one attached hydrogen (secondary N) is 1. The minimum atomic E-state index is -0.0635. The molecule has 0 atom stereocenters. The molecule has 3 rings (SSSR count). The molecule has 1 heterocycles. The number of amides is 1. The van der Waals surface area contributed by atoms with E-state index in [2.05, 4.69) is 50.2 Å². The van der Waals surface area contributed by atoms with E-state index in [0.717, 1.165) is 37.5 Å². The third-order valence-electron chi connectivity index (χ3n) is 4.28. The summed E-state index contributed by atoms with van der Waals surface area (Å²) in [6.45, 7) is 4.00. The first-order valence-corrected chi connectivity index (χ1v) is 10.7. The molecule has 28 heavy (non-hydrogen) atoms. The molecule has 146 valence electrons. The van der Waals surface area contributed by atoms with Crippen LogP contribution in [0.1, 0.15) is 11.1 Å². The number of halogens is 1. The van der Waals surface area contributed by atoms with Crippen molar-refractivity contribution in [1.82, 2.24) is 14.8 Å². The number of thioether (sulfide) groups is 1. The maximum absolute atomic E-state index is 12.4. The molecule has 0 saturated carbocycles. The number of hydrogen-bond donors (Lipinski definition) is 1. The molecule has 1 N–H and O–H groups in total. The van der Waals surface area contributed by atoms with Crippen molar-refractivity contribution in [3.05, 3.63) is 51.1 Å². The fourth-order valence-corrected chi connectivity index (χ4v) is 4.49. The molecular formula is C20H21IN4O2S. The van der Waals surface area contributed by atoms with Gasteiger partial charge in [0.2, 0.25) is 5.91 Å². The molecule has 8 heteroatoms. The van der Waals surface area contributed by atoms with Crippen LogP contribution in [0, 0.1) is 17.4 Å². The monoisotopic (exact) mass is 508 g/mol. The predicted molar refractivity (Wildman–Crippen MR) is 121 cm³/mol. The average molecular weight is 508 g/mol. The molecule has 1 aromatic heterocycles. The lowest BCUT2D eigenvalue weighted by Gasteiger charge is -2.12. The maximum atomic E-state index is 12.4. The zero-order valence-corrected chi connectivity index (χ0v) is 19.1. The second kappa shape index (κ2) is 8.95. The summed E-state index contributed by atoms with van der Waals surface area (Å²) in [6, 6.07) is 11.8. The van der Waals surface area contributed by atoms with Crippen molar-refractivity contribution in [1.29, 1.82) is 0 Å². The topological polar surface area (TPSA) is 69.0 Å². The van der Waals surface area contributed by atoms with Gasteiger partial charge in [-0.15, -0.1) is 10.2 Å². The minimum absolute atomic E-state index is 0.0635. The number of nitrogens with zero attached hydrogens (tertiary/aromatic N) is 3. The first-order chi connectivity index (χ1) is 13.4. The van der Waals surface area contributed by atoms with E-state index in [1.165, 1.54) is 11.8 Å². The lowest BCUT2D eigenvalue weighted by molar-refractivity contribution is -0.113. The van der Waals surface area contributed by atoms with E-state index >= 15 is 0 Å². The Bertz CT molecular complexity index is 979. The van der Waals surface area contributed by atoms with Gasteiger partial charge in [0.25, 0.3) is 0 Å². The molecule has 6 nitrogen and oxygen atoms in total. The standard InChI is InChI=1S/C20H21IN4O2S/c1-12-9-15(21)10-13(2)18(12)22-17(26)11-28-20-24-23-19(25(20)3)14-5-7-16(27-4)8-6-14/h5-10H,11H2,1-4H3,(H,22,26). The summed E-state index contributed by atoms with van der Waals surface area (Å²) in [6.07, 6.45) is 0. The second-order valence-electron chi connectivity index (χ2n) is 6.35. The van der Waals surface area contributed by atoms with Crippen LogP contribution in [-0.2, 0) is 11.8 Å². The highest BCUT2D eigenvalue weighted by atomic mass is 127. The Hall–Kier alpha value is -2.07. The van der Waals surface area contributed by atoms with Crippen LogP contribution in [0.15, 0.2) is 41.6 Å².